The van der Waals surface area contributed by atoms with E-state index < -0.39 is 0 Å². The predicted octanol–water partition coefficient (Wildman–Crippen LogP) is 6.64. The van der Waals surface area contributed by atoms with E-state index in [0.717, 1.165) is 79.1 Å². The van der Waals surface area contributed by atoms with Crippen molar-refractivity contribution in [2.24, 2.45) is 16.0 Å². The molecular formula is C29H43N5O. The van der Waals surface area contributed by atoms with Gasteiger partial charge in [-0.25, -0.2) is 9.98 Å². The van der Waals surface area contributed by atoms with Crippen LogP contribution in [0, 0.1) is 12.8 Å². The zero-order valence-electron chi connectivity index (χ0n) is 23.0. The highest BCUT2D eigenvalue weighted by molar-refractivity contribution is 6.49. The van der Waals surface area contributed by atoms with Gasteiger partial charge in [0, 0.05) is 30.3 Å². The highest BCUT2D eigenvalue weighted by Gasteiger charge is 2.31. The molecule has 0 amide bonds. The number of nitrogens with zero attached hydrogens (tertiary/aromatic N) is 5. The van der Waals surface area contributed by atoms with Gasteiger partial charge in [-0.3, -0.25) is 4.79 Å². The minimum atomic E-state index is -0.0330. The molecule has 0 radical (unpaired) electrons. The molecule has 2 aromatic rings. The van der Waals surface area contributed by atoms with Crippen LogP contribution < -0.4 is 10.5 Å². The third-order valence-corrected chi connectivity index (χ3v) is 7.05. The first-order valence-corrected chi connectivity index (χ1v) is 13.5. The van der Waals surface area contributed by atoms with E-state index in [0.29, 0.717) is 5.82 Å². The summed E-state index contributed by atoms with van der Waals surface area (Å²) < 4.78 is 1.52. The van der Waals surface area contributed by atoms with Crippen LogP contribution in [0.5, 0.6) is 0 Å². The molecule has 190 valence electrons. The third-order valence-electron chi connectivity index (χ3n) is 7.05. The van der Waals surface area contributed by atoms with Gasteiger partial charge in [-0.1, -0.05) is 47.5 Å². The summed E-state index contributed by atoms with van der Waals surface area (Å²) in [5.41, 5.74) is 6.45. The van der Waals surface area contributed by atoms with E-state index in [1.807, 2.05) is 0 Å². The van der Waals surface area contributed by atoms with Gasteiger partial charge in [-0.15, -0.1) is 0 Å². The van der Waals surface area contributed by atoms with Crippen molar-refractivity contribution in [3.05, 3.63) is 51.2 Å². The number of unbranched alkanes of at least 4 members (excludes halogenated alkanes) is 2. The van der Waals surface area contributed by atoms with E-state index in [4.69, 9.17) is 15.1 Å². The number of anilines is 1. The average molecular weight is 478 g/mol. The lowest BCUT2D eigenvalue weighted by Crippen LogP contribution is -2.28. The van der Waals surface area contributed by atoms with Crippen LogP contribution in [0.15, 0.2) is 33.1 Å². The Morgan fingerprint density at radius 1 is 1.06 bits per heavy atom. The summed E-state index contributed by atoms with van der Waals surface area (Å²) in [5.74, 6) is 0.922. The van der Waals surface area contributed by atoms with Crippen LogP contribution in [-0.4, -0.2) is 34.2 Å². The number of aromatic nitrogens is 2. The highest BCUT2D eigenvalue weighted by atomic mass is 16.1. The smallest absolute Gasteiger partial charge is 0.277 e. The molecular weight excluding hydrogens is 434 g/mol. The van der Waals surface area contributed by atoms with Crippen molar-refractivity contribution in [1.29, 1.82) is 0 Å². The van der Waals surface area contributed by atoms with Gasteiger partial charge in [-0.05, 0) is 69.7 Å². The molecule has 1 aliphatic rings. The maximum atomic E-state index is 13.6. The molecule has 0 bridgehead atoms. The Morgan fingerprint density at radius 2 is 1.77 bits per heavy atom. The standard InChI is InChI=1S/C29H43N5O/c1-9-13-14-15-23-25(19(5)6)31-28-27(26(20(7)10-2)32-34(28)29(23)35)30-24-17-16-22(18-21(24)8)33(11-3)12-4/h16-20H,9-15H2,1-8H3. The second-order valence-corrected chi connectivity index (χ2v) is 9.93. The van der Waals surface area contributed by atoms with Gasteiger partial charge in [0.1, 0.15) is 5.71 Å². The molecule has 3 rings (SSSR count). The fraction of sp³-hybridized carbons (Fsp3) is 0.586. The Kier molecular flexibility index (Phi) is 9.03. The lowest BCUT2D eigenvalue weighted by Gasteiger charge is -2.21. The summed E-state index contributed by atoms with van der Waals surface area (Å²) in [6.07, 6.45) is 4.89. The van der Waals surface area contributed by atoms with Gasteiger partial charge in [-0.2, -0.15) is 9.78 Å². The van der Waals surface area contributed by atoms with Gasteiger partial charge in [0.15, 0.2) is 5.82 Å². The van der Waals surface area contributed by atoms with Crippen molar-refractivity contribution in [1.82, 2.24) is 9.66 Å². The summed E-state index contributed by atoms with van der Waals surface area (Å²) in [4.78, 5) is 26.1. The molecule has 35 heavy (non-hydrogen) atoms. The summed E-state index contributed by atoms with van der Waals surface area (Å²) in [7, 11) is 0. The van der Waals surface area contributed by atoms with Crippen LogP contribution in [-0.2, 0) is 6.42 Å². The van der Waals surface area contributed by atoms with Gasteiger partial charge in [0.25, 0.3) is 5.56 Å². The molecule has 1 aromatic carbocycles. The molecule has 6 nitrogen and oxygen atoms in total. The topological polar surface area (TPSA) is 62.9 Å². The van der Waals surface area contributed by atoms with Crippen molar-refractivity contribution < 1.29 is 0 Å². The number of benzene rings is 1. The maximum absolute atomic E-state index is 13.6. The average Bonchev–Trinajstić information content (AvgIpc) is 3.20. The molecule has 1 atom stereocenters. The lowest BCUT2D eigenvalue weighted by molar-refractivity contribution is 0.664. The van der Waals surface area contributed by atoms with Crippen molar-refractivity contribution in [3.63, 3.8) is 0 Å². The zero-order valence-corrected chi connectivity index (χ0v) is 23.0. The fourth-order valence-corrected chi connectivity index (χ4v) is 4.65. The van der Waals surface area contributed by atoms with Crippen molar-refractivity contribution in [2.45, 2.75) is 93.4 Å². The van der Waals surface area contributed by atoms with Gasteiger partial charge in [0.05, 0.1) is 17.1 Å². The second kappa shape index (κ2) is 11.8. The van der Waals surface area contributed by atoms with E-state index in [2.05, 4.69) is 78.5 Å². The number of rotatable bonds is 11. The quantitative estimate of drug-likeness (QED) is 0.341. The Bertz CT molecular complexity index is 1150. The molecule has 0 aliphatic carbocycles. The summed E-state index contributed by atoms with van der Waals surface area (Å²) in [6.45, 7) is 19.1. The van der Waals surface area contributed by atoms with Gasteiger partial charge < -0.3 is 4.90 Å². The molecule has 1 aliphatic heterocycles. The molecule has 2 heterocycles. The minimum absolute atomic E-state index is 0.0330. The van der Waals surface area contributed by atoms with Crippen molar-refractivity contribution >= 4 is 22.8 Å². The van der Waals surface area contributed by atoms with Crippen LogP contribution in [0.25, 0.3) is 0 Å². The zero-order chi connectivity index (χ0) is 25.7. The molecule has 0 fully saturated rings. The monoisotopic (exact) mass is 477 g/mol. The van der Waals surface area contributed by atoms with E-state index in [1.165, 1.54) is 10.4 Å². The molecule has 1 unspecified atom stereocenters. The molecule has 0 saturated carbocycles. The van der Waals surface area contributed by atoms with E-state index in [-0.39, 0.29) is 17.4 Å². The fourth-order valence-electron chi connectivity index (χ4n) is 4.65. The number of hydrogen-bond acceptors (Lipinski definition) is 5. The Balaban J connectivity index is 2.17. The molecule has 1 aromatic heterocycles. The molecule has 0 N–H and O–H groups in total. The van der Waals surface area contributed by atoms with Crippen LogP contribution >= 0.6 is 0 Å². The SMILES string of the molecule is CCCCCc1c(C(C)C)nc2n(c1=O)N=C(C(C)CC)C2=Nc1ccc(N(CC)CC)cc1C. The highest BCUT2D eigenvalue weighted by Crippen LogP contribution is 2.28. The molecule has 0 spiro atoms. The summed E-state index contributed by atoms with van der Waals surface area (Å²) >= 11 is 0. The first-order valence-electron chi connectivity index (χ1n) is 13.5. The second-order valence-electron chi connectivity index (χ2n) is 9.93. The van der Waals surface area contributed by atoms with Crippen LogP contribution in [0.3, 0.4) is 0 Å². The van der Waals surface area contributed by atoms with E-state index >= 15 is 0 Å². The summed E-state index contributed by atoms with van der Waals surface area (Å²) in [6, 6.07) is 6.40. The van der Waals surface area contributed by atoms with E-state index in [9.17, 15) is 4.79 Å². The van der Waals surface area contributed by atoms with Gasteiger partial charge in [0.2, 0.25) is 0 Å². The van der Waals surface area contributed by atoms with Crippen molar-refractivity contribution in [2.75, 3.05) is 18.0 Å². The Labute approximate surface area is 211 Å². The molecule has 6 heteroatoms. The van der Waals surface area contributed by atoms with E-state index in [1.54, 1.807) is 0 Å². The number of aryl methyl sites for hydroxylation is 1. The number of fused-ring (bicyclic) bond motifs is 1. The van der Waals surface area contributed by atoms with Crippen LogP contribution in [0.2, 0.25) is 0 Å². The first-order chi connectivity index (χ1) is 16.8. The first kappa shape index (κ1) is 26.8. The summed E-state index contributed by atoms with van der Waals surface area (Å²) in [5, 5.41) is 4.81. The predicted molar refractivity (Wildman–Crippen MR) is 149 cm³/mol. The molecule has 0 saturated heterocycles. The Morgan fingerprint density at radius 3 is 2.34 bits per heavy atom. The van der Waals surface area contributed by atoms with Crippen LogP contribution in [0.4, 0.5) is 11.4 Å². The number of hydrogen-bond donors (Lipinski definition) is 0. The van der Waals surface area contributed by atoms with Crippen molar-refractivity contribution in [3.8, 4) is 0 Å². The normalized spacial score (nSPS) is 15.0. The largest absolute Gasteiger partial charge is 0.372 e. The lowest BCUT2D eigenvalue weighted by atomic mass is 9.97. The minimum Gasteiger partial charge on any atom is -0.372 e. The third kappa shape index (κ3) is 5.57. The Hall–Kier alpha value is -2.76. The van der Waals surface area contributed by atoms with Gasteiger partial charge >= 0.3 is 0 Å². The number of aliphatic imine (C=N–C) groups is 1. The maximum Gasteiger partial charge on any atom is 0.277 e. The van der Waals surface area contributed by atoms with Crippen LogP contribution in [0.1, 0.15) is 103 Å².